The minimum absolute atomic E-state index is 0.125. The average molecular weight is 521 g/mol. The fraction of sp³-hybridized carbons (Fsp3) is 0.400. The summed E-state index contributed by atoms with van der Waals surface area (Å²) < 4.78 is 7.53. The third-order valence-corrected chi connectivity index (χ3v) is 6.75. The van der Waals surface area contributed by atoms with E-state index in [1.807, 2.05) is 47.2 Å². The Kier molecular flexibility index (Phi) is 7.95. The van der Waals surface area contributed by atoms with Gasteiger partial charge in [-0.15, -0.1) is 5.10 Å². The first-order chi connectivity index (χ1) is 16.2. The second-order valence-electron chi connectivity index (χ2n) is 9.42. The number of morpholine rings is 1. The molecule has 9 heteroatoms. The minimum atomic E-state index is -0.172. The molecule has 0 N–H and O–H groups in total. The predicted molar refractivity (Wildman–Crippen MR) is 137 cm³/mol. The molecule has 1 aromatic heterocycles. The monoisotopic (exact) mass is 519 g/mol. The topological polar surface area (TPSA) is 56.1 Å². The number of tetrazole rings is 1. The lowest BCUT2D eigenvalue weighted by atomic mass is 9.86. The van der Waals surface area contributed by atoms with Gasteiger partial charge in [0.05, 0.1) is 25.3 Å². The summed E-state index contributed by atoms with van der Waals surface area (Å²) in [6.45, 7) is 9.43. The molecule has 2 heterocycles. The Balaban J connectivity index is 1.76. The average Bonchev–Trinajstić information content (AvgIpc) is 3.25. The summed E-state index contributed by atoms with van der Waals surface area (Å²) in [5.74, 6) is 0.774. The molecule has 0 saturated carbocycles. The Bertz CT molecular complexity index is 1130. The van der Waals surface area contributed by atoms with Gasteiger partial charge >= 0.3 is 0 Å². The third-order valence-electron chi connectivity index (χ3n) is 5.93. The van der Waals surface area contributed by atoms with Crippen molar-refractivity contribution in [3.05, 3.63) is 80.6 Å². The van der Waals surface area contributed by atoms with Crippen LogP contribution >= 0.6 is 34.8 Å². The van der Waals surface area contributed by atoms with Crippen LogP contribution in [0.2, 0.25) is 15.1 Å². The zero-order valence-corrected chi connectivity index (χ0v) is 21.7. The molecule has 0 spiro atoms. The predicted octanol–water partition coefficient (Wildman–Crippen LogP) is 6.36. The highest BCUT2D eigenvalue weighted by molar-refractivity contribution is 6.35. The molecule has 1 fully saturated rings. The van der Waals surface area contributed by atoms with Crippen molar-refractivity contribution >= 4 is 40.9 Å². The van der Waals surface area contributed by atoms with Crippen molar-refractivity contribution in [1.82, 2.24) is 25.1 Å². The number of nitrogens with zero attached hydrogens (tertiary/aromatic N) is 5. The second-order valence-corrected chi connectivity index (χ2v) is 10.7. The maximum Gasteiger partial charge on any atom is 0.173 e. The van der Waals surface area contributed by atoms with Crippen molar-refractivity contribution in [2.24, 2.45) is 5.41 Å². The summed E-state index contributed by atoms with van der Waals surface area (Å²) in [4.78, 5) is 2.36. The van der Waals surface area contributed by atoms with Crippen LogP contribution in [-0.4, -0.2) is 51.4 Å². The Morgan fingerprint density at radius 3 is 2.29 bits per heavy atom. The van der Waals surface area contributed by atoms with Crippen LogP contribution in [0.1, 0.15) is 49.8 Å². The largest absolute Gasteiger partial charge is 0.379 e. The molecule has 1 aliphatic rings. The molecular formula is C25H28Cl3N5O. The van der Waals surface area contributed by atoms with Gasteiger partial charge in [0.15, 0.2) is 5.82 Å². The van der Waals surface area contributed by atoms with Crippen LogP contribution in [0.5, 0.6) is 0 Å². The van der Waals surface area contributed by atoms with Crippen molar-refractivity contribution in [3.8, 4) is 0 Å². The van der Waals surface area contributed by atoms with Gasteiger partial charge in [0.2, 0.25) is 0 Å². The van der Waals surface area contributed by atoms with E-state index < -0.39 is 0 Å². The smallest absolute Gasteiger partial charge is 0.173 e. The van der Waals surface area contributed by atoms with Crippen LogP contribution < -0.4 is 0 Å². The zero-order valence-electron chi connectivity index (χ0n) is 19.5. The van der Waals surface area contributed by atoms with Crippen molar-refractivity contribution in [2.75, 3.05) is 26.3 Å². The summed E-state index contributed by atoms with van der Waals surface area (Å²) in [5.41, 5.74) is 1.80. The van der Waals surface area contributed by atoms with Crippen molar-refractivity contribution in [3.63, 3.8) is 0 Å². The van der Waals surface area contributed by atoms with Gasteiger partial charge in [0, 0.05) is 28.2 Å². The van der Waals surface area contributed by atoms with Gasteiger partial charge < -0.3 is 4.74 Å². The lowest BCUT2D eigenvalue weighted by molar-refractivity contribution is 0.0210. The third kappa shape index (κ3) is 5.81. The van der Waals surface area contributed by atoms with E-state index in [-0.39, 0.29) is 17.5 Å². The standard InChI is InChI=1S/C25H28Cl3N5O/c1-25(2,3)22(11-7-17-4-10-20(27)16-21(17)28)33-24(29-30-31-33)23(32-12-14-34-15-13-32)18-5-8-19(26)9-6-18/h4-11,16,22-23H,12-15H2,1-3H3/b11-7+. The summed E-state index contributed by atoms with van der Waals surface area (Å²) in [6, 6.07) is 13.1. The Hall–Kier alpha value is -1.96. The highest BCUT2D eigenvalue weighted by Gasteiger charge is 2.34. The van der Waals surface area contributed by atoms with Crippen LogP contribution in [-0.2, 0) is 4.74 Å². The second kappa shape index (κ2) is 10.8. The maximum atomic E-state index is 6.42. The number of hydrogen-bond acceptors (Lipinski definition) is 5. The van der Waals surface area contributed by atoms with Crippen molar-refractivity contribution in [1.29, 1.82) is 0 Å². The first-order valence-corrected chi connectivity index (χ1v) is 12.4. The van der Waals surface area contributed by atoms with E-state index in [0.717, 1.165) is 30.0 Å². The molecule has 2 aromatic carbocycles. The number of benzene rings is 2. The zero-order chi connectivity index (χ0) is 24.3. The SMILES string of the molecule is CC(C)(C)C(/C=C/c1ccc(Cl)cc1Cl)n1nnnc1C(c1ccc(Cl)cc1)N1CCOCC1. The minimum Gasteiger partial charge on any atom is -0.379 e. The molecule has 1 aliphatic heterocycles. The van der Waals surface area contributed by atoms with Gasteiger partial charge in [-0.25, -0.2) is 4.68 Å². The Labute approximate surface area is 215 Å². The van der Waals surface area contributed by atoms with Gasteiger partial charge in [-0.2, -0.15) is 0 Å². The van der Waals surface area contributed by atoms with Crippen LogP contribution in [0.4, 0.5) is 0 Å². The summed E-state index contributed by atoms with van der Waals surface area (Å²) >= 11 is 18.7. The maximum absolute atomic E-state index is 6.42. The summed E-state index contributed by atoms with van der Waals surface area (Å²) in [7, 11) is 0. The molecule has 1 saturated heterocycles. The normalized spacial score (nSPS) is 17.2. The molecule has 2 atom stereocenters. The number of hydrogen-bond donors (Lipinski definition) is 0. The quantitative estimate of drug-likeness (QED) is 0.379. The van der Waals surface area contributed by atoms with Gasteiger partial charge in [0.25, 0.3) is 0 Å². The van der Waals surface area contributed by atoms with Crippen LogP contribution in [0.15, 0.2) is 48.5 Å². The molecule has 3 aromatic rings. The van der Waals surface area contributed by atoms with E-state index in [4.69, 9.17) is 39.5 Å². The number of halogens is 3. The molecule has 4 rings (SSSR count). The fourth-order valence-electron chi connectivity index (χ4n) is 4.15. The van der Waals surface area contributed by atoms with E-state index in [1.54, 1.807) is 6.07 Å². The Morgan fingerprint density at radius 2 is 1.65 bits per heavy atom. The molecule has 0 radical (unpaired) electrons. The fourth-order valence-corrected chi connectivity index (χ4v) is 4.75. The molecule has 0 bridgehead atoms. The van der Waals surface area contributed by atoms with Crippen LogP contribution in [0, 0.1) is 5.41 Å². The highest BCUT2D eigenvalue weighted by Crippen LogP contribution is 2.37. The van der Waals surface area contributed by atoms with E-state index in [1.165, 1.54) is 0 Å². The molecule has 34 heavy (non-hydrogen) atoms. The van der Waals surface area contributed by atoms with E-state index in [2.05, 4.69) is 47.3 Å². The van der Waals surface area contributed by atoms with E-state index in [0.29, 0.717) is 28.3 Å². The first kappa shape index (κ1) is 25.1. The molecule has 0 amide bonds. The first-order valence-electron chi connectivity index (χ1n) is 11.2. The number of rotatable bonds is 6. The van der Waals surface area contributed by atoms with Gasteiger partial charge in [-0.05, 0) is 51.2 Å². The van der Waals surface area contributed by atoms with Gasteiger partial charge in [-0.1, -0.05) is 85.9 Å². The summed E-state index contributed by atoms with van der Waals surface area (Å²) in [6.07, 6.45) is 4.11. The van der Waals surface area contributed by atoms with E-state index >= 15 is 0 Å². The number of allylic oxidation sites excluding steroid dienone is 1. The highest BCUT2D eigenvalue weighted by atomic mass is 35.5. The molecule has 180 valence electrons. The molecule has 2 unspecified atom stereocenters. The van der Waals surface area contributed by atoms with Gasteiger partial charge in [0.1, 0.15) is 0 Å². The summed E-state index contributed by atoms with van der Waals surface area (Å²) in [5, 5.41) is 15.0. The number of aromatic nitrogens is 4. The number of ether oxygens (including phenoxy) is 1. The Morgan fingerprint density at radius 1 is 0.971 bits per heavy atom. The van der Waals surface area contributed by atoms with Crippen molar-refractivity contribution in [2.45, 2.75) is 32.9 Å². The molecular weight excluding hydrogens is 493 g/mol. The molecule has 6 nitrogen and oxygen atoms in total. The van der Waals surface area contributed by atoms with Crippen LogP contribution in [0.25, 0.3) is 6.08 Å². The molecule has 0 aliphatic carbocycles. The van der Waals surface area contributed by atoms with E-state index in [9.17, 15) is 0 Å². The van der Waals surface area contributed by atoms with Crippen molar-refractivity contribution < 1.29 is 4.74 Å². The van der Waals surface area contributed by atoms with Gasteiger partial charge in [-0.3, -0.25) is 4.90 Å². The lowest BCUT2D eigenvalue weighted by Crippen LogP contribution is -2.41. The lowest BCUT2D eigenvalue weighted by Gasteiger charge is -2.36. The van der Waals surface area contributed by atoms with Crippen LogP contribution in [0.3, 0.4) is 0 Å².